The van der Waals surface area contributed by atoms with Crippen LogP contribution in [0.25, 0.3) is 0 Å². The second kappa shape index (κ2) is 6.38. The molecule has 2 rings (SSSR count). The van der Waals surface area contributed by atoms with Crippen LogP contribution in [0.2, 0.25) is 5.15 Å². The Hall–Kier alpha value is -1.58. The first-order chi connectivity index (χ1) is 8.79. The minimum atomic E-state index is 0.500. The largest absolute Gasteiger partial charge is 0.380 e. The van der Waals surface area contributed by atoms with E-state index in [1.807, 2.05) is 18.2 Å². The third-order valence-corrected chi connectivity index (χ3v) is 2.85. The highest BCUT2D eigenvalue weighted by molar-refractivity contribution is 6.29. The molecule has 0 saturated heterocycles. The van der Waals surface area contributed by atoms with Gasteiger partial charge in [0.05, 0.1) is 18.5 Å². The average Bonchev–Trinajstić information content (AvgIpc) is 2.40. The molecule has 0 saturated carbocycles. The predicted molar refractivity (Wildman–Crippen MR) is 73.7 cm³/mol. The molecule has 1 heterocycles. The third kappa shape index (κ3) is 3.45. The van der Waals surface area contributed by atoms with Gasteiger partial charge in [-0.1, -0.05) is 35.9 Å². The van der Waals surface area contributed by atoms with E-state index in [2.05, 4.69) is 22.4 Å². The maximum Gasteiger partial charge on any atom is 0.129 e. The number of methoxy groups -OCH3 is 1. The van der Waals surface area contributed by atoms with Crippen LogP contribution in [-0.2, 0) is 17.9 Å². The van der Waals surface area contributed by atoms with Crippen LogP contribution in [0.3, 0.4) is 0 Å². The van der Waals surface area contributed by atoms with Crippen LogP contribution in [0.15, 0.2) is 42.6 Å². The predicted octanol–water partition coefficient (Wildman–Crippen LogP) is 3.49. The van der Waals surface area contributed by atoms with E-state index in [0.717, 1.165) is 12.2 Å². The second-order valence-electron chi connectivity index (χ2n) is 3.92. The van der Waals surface area contributed by atoms with Crippen molar-refractivity contribution in [2.75, 3.05) is 12.4 Å². The lowest BCUT2D eigenvalue weighted by molar-refractivity contribution is 0.184. The van der Waals surface area contributed by atoms with Gasteiger partial charge in [0.15, 0.2) is 0 Å². The second-order valence-corrected chi connectivity index (χ2v) is 4.31. The smallest absolute Gasteiger partial charge is 0.129 e. The van der Waals surface area contributed by atoms with Gasteiger partial charge in [-0.15, -0.1) is 0 Å². The molecule has 3 nitrogen and oxygen atoms in total. The normalized spacial score (nSPS) is 10.3. The molecule has 1 aromatic carbocycles. The van der Waals surface area contributed by atoms with Crippen LogP contribution in [0, 0.1) is 0 Å². The van der Waals surface area contributed by atoms with Crippen molar-refractivity contribution in [3.05, 3.63) is 58.9 Å². The summed E-state index contributed by atoms with van der Waals surface area (Å²) in [6.45, 7) is 1.36. The Kier molecular flexibility index (Phi) is 4.56. The first kappa shape index (κ1) is 12.9. The van der Waals surface area contributed by atoms with Crippen molar-refractivity contribution in [3.63, 3.8) is 0 Å². The van der Waals surface area contributed by atoms with Crippen molar-refractivity contribution in [2.24, 2.45) is 0 Å². The summed E-state index contributed by atoms with van der Waals surface area (Å²) in [6.07, 6.45) is 1.72. The zero-order valence-corrected chi connectivity index (χ0v) is 10.9. The van der Waals surface area contributed by atoms with Crippen LogP contribution in [0.4, 0.5) is 5.69 Å². The molecule has 4 heteroatoms. The molecule has 0 radical (unpaired) electrons. The molecule has 1 N–H and O–H groups in total. The first-order valence-electron chi connectivity index (χ1n) is 5.71. The number of pyridine rings is 1. The van der Waals surface area contributed by atoms with Crippen molar-refractivity contribution >= 4 is 17.3 Å². The lowest BCUT2D eigenvalue weighted by Crippen LogP contribution is -2.03. The van der Waals surface area contributed by atoms with E-state index in [9.17, 15) is 0 Å². The molecule has 1 aromatic heterocycles. The Bertz CT molecular complexity index is 499. The van der Waals surface area contributed by atoms with Crippen molar-refractivity contribution < 1.29 is 4.74 Å². The first-order valence-corrected chi connectivity index (χ1v) is 6.08. The Morgan fingerprint density at radius 2 is 1.94 bits per heavy atom. The van der Waals surface area contributed by atoms with Crippen LogP contribution in [0.1, 0.15) is 11.1 Å². The Labute approximate surface area is 112 Å². The highest BCUT2D eigenvalue weighted by Crippen LogP contribution is 2.14. The van der Waals surface area contributed by atoms with Crippen LogP contribution in [-0.4, -0.2) is 12.1 Å². The summed E-state index contributed by atoms with van der Waals surface area (Å²) in [5, 5.41) is 3.81. The highest BCUT2D eigenvalue weighted by atomic mass is 35.5. The summed E-state index contributed by atoms with van der Waals surface area (Å²) in [5.41, 5.74) is 3.36. The molecule has 0 aliphatic rings. The van der Waals surface area contributed by atoms with Crippen LogP contribution in [0.5, 0.6) is 0 Å². The number of aromatic nitrogens is 1. The number of rotatable bonds is 5. The molecular formula is C14H15ClN2O. The van der Waals surface area contributed by atoms with Crippen molar-refractivity contribution in [3.8, 4) is 0 Å². The number of hydrogen-bond acceptors (Lipinski definition) is 3. The van der Waals surface area contributed by atoms with Crippen molar-refractivity contribution in [2.45, 2.75) is 13.2 Å². The fraction of sp³-hybridized carbons (Fsp3) is 0.214. The summed E-state index contributed by atoms with van der Waals surface area (Å²) < 4.78 is 5.18. The molecule has 0 aliphatic carbocycles. The van der Waals surface area contributed by atoms with E-state index in [1.165, 1.54) is 11.1 Å². The standard InChI is InChI=1S/C14H15ClN2O/c1-18-10-12-5-3-2-4-11(12)8-16-13-6-7-14(15)17-9-13/h2-7,9,16H,8,10H2,1H3. The number of ether oxygens (including phenoxy) is 1. The lowest BCUT2D eigenvalue weighted by atomic mass is 10.1. The number of nitrogens with one attached hydrogen (secondary N) is 1. The lowest BCUT2D eigenvalue weighted by Gasteiger charge is -2.10. The molecule has 0 unspecified atom stereocenters. The molecule has 0 bridgehead atoms. The number of nitrogens with zero attached hydrogens (tertiary/aromatic N) is 1. The van der Waals surface area contributed by atoms with Gasteiger partial charge in [-0.2, -0.15) is 0 Å². The Morgan fingerprint density at radius 1 is 1.17 bits per heavy atom. The number of benzene rings is 1. The number of halogens is 1. The summed E-state index contributed by atoms with van der Waals surface area (Å²) in [6, 6.07) is 11.9. The topological polar surface area (TPSA) is 34.1 Å². The van der Waals surface area contributed by atoms with Crippen molar-refractivity contribution in [1.82, 2.24) is 4.98 Å². The van der Waals surface area contributed by atoms with E-state index < -0.39 is 0 Å². The van der Waals surface area contributed by atoms with E-state index in [4.69, 9.17) is 16.3 Å². The minimum absolute atomic E-state index is 0.500. The third-order valence-electron chi connectivity index (χ3n) is 2.63. The highest BCUT2D eigenvalue weighted by Gasteiger charge is 2.01. The SMILES string of the molecule is COCc1ccccc1CNc1ccc(Cl)nc1. The fourth-order valence-electron chi connectivity index (χ4n) is 1.70. The summed E-state index contributed by atoms with van der Waals surface area (Å²) in [7, 11) is 1.70. The van der Waals surface area contributed by atoms with E-state index in [1.54, 1.807) is 19.4 Å². The molecule has 0 amide bonds. The molecule has 0 aliphatic heterocycles. The summed E-state index contributed by atoms with van der Waals surface area (Å²) >= 11 is 5.74. The zero-order chi connectivity index (χ0) is 12.8. The maximum absolute atomic E-state index is 5.74. The monoisotopic (exact) mass is 262 g/mol. The van der Waals surface area contributed by atoms with Gasteiger partial charge in [0.25, 0.3) is 0 Å². The molecular weight excluding hydrogens is 248 g/mol. The maximum atomic E-state index is 5.74. The fourth-order valence-corrected chi connectivity index (χ4v) is 1.82. The summed E-state index contributed by atoms with van der Waals surface area (Å²) in [5.74, 6) is 0. The Balaban J connectivity index is 2.03. The van der Waals surface area contributed by atoms with Crippen molar-refractivity contribution in [1.29, 1.82) is 0 Å². The van der Waals surface area contributed by atoms with Gasteiger partial charge in [-0.3, -0.25) is 0 Å². The molecule has 0 fully saturated rings. The van der Waals surface area contributed by atoms with E-state index in [0.29, 0.717) is 11.8 Å². The van der Waals surface area contributed by atoms with E-state index in [-0.39, 0.29) is 0 Å². The number of anilines is 1. The minimum Gasteiger partial charge on any atom is -0.380 e. The van der Waals surface area contributed by atoms with E-state index >= 15 is 0 Å². The summed E-state index contributed by atoms with van der Waals surface area (Å²) in [4.78, 5) is 4.03. The molecule has 0 spiro atoms. The van der Waals surface area contributed by atoms with Gasteiger partial charge in [0, 0.05) is 13.7 Å². The van der Waals surface area contributed by atoms with Crippen LogP contribution >= 0.6 is 11.6 Å². The van der Waals surface area contributed by atoms with Gasteiger partial charge in [0.2, 0.25) is 0 Å². The quantitative estimate of drug-likeness (QED) is 0.838. The molecule has 18 heavy (non-hydrogen) atoms. The molecule has 94 valence electrons. The number of hydrogen-bond donors (Lipinski definition) is 1. The molecule has 2 aromatic rings. The van der Waals surface area contributed by atoms with Gasteiger partial charge in [0.1, 0.15) is 5.15 Å². The zero-order valence-electron chi connectivity index (χ0n) is 10.2. The molecule has 0 atom stereocenters. The van der Waals surface area contributed by atoms with Gasteiger partial charge in [-0.05, 0) is 23.3 Å². The average molecular weight is 263 g/mol. The van der Waals surface area contributed by atoms with Crippen LogP contribution < -0.4 is 5.32 Å². The van der Waals surface area contributed by atoms with Gasteiger partial charge < -0.3 is 10.1 Å². The van der Waals surface area contributed by atoms with Gasteiger partial charge in [-0.25, -0.2) is 4.98 Å². The van der Waals surface area contributed by atoms with Gasteiger partial charge >= 0.3 is 0 Å². The Morgan fingerprint density at radius 3 is 2.61 bits per heavy atom.